The van der Waals surface area contributed by atoms with Gasteiger partial charge in [0.2, 0.25) is 0 Å². The van der Waals surface area contributed by atoms with E-state index in [1.54, 1.807) is 0 Å². The van der Waals surface area contributed by atoms with Gasteiger partial charge in [-0.2, -0.15) is 0 Å². The van der Waals surface area contributed by atoms with Crippen molar-refractivity contribution in [2.24, 2.45) is 0 Å². The number of rotatable bonds is 45. The van der Waals surface area contributed by atoms with Crippen molar-refractivity contribution >= 4 is 17.9 Å². The second-order valence-electron chi connectivity index (χ2n) is 16.7. The van der Waals surface area contributed by atoms with E-state index in [1.807, 2.05) is 0 Å². The fourth-order valence-electron chi connectivity index (χ4n) is 6.96. The molecule has 1 atom stereocenters. The van der Waals surface area contributed by atoms with Gasteiger partial charge in [0.25, 0.3) is 0 Å². The lowest BCUT2D eigenvalue weighted by Gasteiger charge is -2.18. The van der Waals surface area contributed by atoms with E-state index in [1.165, 1.54) is 103 Å². The smallest absolute Gasteiger partial charge is 0.306 e. The van der Waals surface area contributed by atoms with Crippen molar-refractivity contribution in [2.75, 3.05) is 13.2 Å². The Morgan fingerprint density at radius 3 is 1.07 bits per heavy atom. The summed E-state index contributed by atoms with van der Waals surface area (Å²) in [6.07, 6.45) is 59.6. The first-order chi connectivity index (χ1) is 29.5. The third kappa shape index (κ3) is 46.2. The van der Waals surface area contributed by atoms with Gasteiger partial charge < -0.3 is 14.2 Å². The molecule has 0 aromatic heterocycles. The lowest BCUT2D eigenvalue weighted by molar-refractivity contribution is -0.167. The Hall–Kier alpha value is -2.89. The first-order valence-corrected chi connectivity index (χ1v) is 25.3. The van der Waals surface area contributed by atoms with E-state index in [2.05, 4.69) is 81.5 Å². The Morgan fingerprint density at radius 1 is 0.350 bits per heavy atom. The quantitative estimate of drug-likeness (QED) is 0.0263. The molecular weight excluding hydrogens is 745 g/mol. The number of esters is 3. The maximum atomic E-state index is 12.7. The van der Waals surface area contributed by atoms with Crippen LogP contribution >= 0.6 is 0 Å². The first kappa shape index (κ1) is 57.1. The molecule has 0 aromatic carbocycles. The molecular formula is C54H94O6. The maximum Gasteiger partial charge on any atom is 0.306 e. The molecule has 0 N–H and O–H groups in total. The van der Waals surface area contributed by atoms with Crippen molar-refractivity contribution in [3.8, 4) is 0 Å². The summed E-state index contributed by atoms with van der Waals surface area (Å²) in [6, 6.07) is 0. The zero-order valence-electron chi connectivity index (χ0n) is 39.5. The Kier molecular flexibility index (Phi) is 46.4. The molecule has 0 fully saturated rings. The molecule has 6 heteroatoms. The van der Waals surface area contributed by atoms with Crippen LogP contribution < -0.4 is 0 Å². The van der Waals surface area contributed by atoms with Crippen LogP contribution in [0.25, 0.3) is 0 Å². The van der Waals surface area contributed by atoms with Crippen LogP contribution in [0.3, 0.4) is 0 Å². The Morgan fingerprint density at radius 2 is 0.650 bits per heavy atom. The molecule has 0 aliphatic carbocycles. The largest absolute Gasteiger partial charge is 0.462 e. The molecule has 0 bridgehead atoms. The number of hydrogen-bond donors (Lipinski definition) is 0. The molecule has 0 aliphatic heterocycles. The number of ether oxygens (including phenoxy) is 3. The summed E-state index contributed by atoms with van der Waals surface area (Å²) < 4.78 is 16.6. The van der Waals surface area contributed by atoms with Crippen LogP contribution in [0.15, 0.2) is 60.8 Å². The van der Waals surface area contributed by atoms with Crippen LogP contribution in [0, 0.1) is 0 Å². The predicted molar refractivity (Wildman–Crippen MR) is 256 cm³/mol. The van der Waals surface area contributed by atoms with Gasteiger partial charge in [0.1, 0.15) is 13.2 Å². The summed E-state index contributed by atoms with van der Waals surface area (Å²) in [4.78, 5) is 37.6. The van der Waals surface area contributed by atoms with E-state index in [9.17, 15) is 14.4 Å². The van der Waals surface area contributed by atoms with Crippen LogP contribution in [-0.2, 0) is 28.6 Å². The van der Waals surface area contributed by atoms with Crippen LogP contribution in [0.1, 0.15) is 245 Å². The topological polar surface area (TPSA) is 78.9 Å². The summed E-state index contributed by atoms with van der Waals surface area (Å²) in [6.45, 7) is 6.41. The van der Waals surface area contributed by atoms with E-state index in [4.69, 9.17) is 14.2 Å². The highest BCUT2D eigenvalue weighted by molar-refractivity contribution is 5.71. The standard InChI is InChI=1S/C54H94O6/c1-4-7-10-13-15-17-19-21-22-23-24-25-26-27-28-29-30-31-32-33-35-36-38-41-44-47-53(56)59-50-51(49-58-52(55)46-43-40-12-9-6-3)60-54(57)48-45-42-39-37-34-20-18-16-14-11-8-5-2/h7,10,15-18,21-22,24-25,51H,4-6,8-9,11-14,19-20,23,26-50H2,1-3H3/b10-7-,17-15-,18-16-,22-21-,25-24-. The number of allylic oxidation sites excluding steroid dienone is 10. The summed E-state index contributed by atoms with van der Waals surface area (Å²) in [7, 11) is 0. The third-order valence-corrected chi connectivity index (χ3v) is 10.8. The second kappa shape index (κ2) is 48.8. The summed E-state index contributed by atoms with van der Waals surface area (Å²) in [5.74, 6) is -0.901. The summed E-state index contributed by atoms with van der Waals surface area (Å²) >= 11 is 0. The molecule has 0 amide bonds. The highest BCUT2D eigenvalue weighted by Gasteiger charge is 2.19. The fourth-order valence-corrected chi connectivity index (χ4v) is 6.96. The predicted octanol–water partition coefficient (Wildman–Crippen LogP) is 16.5. The normalized spacial score (nSPS) is 12.5. The molecule has 0 saturated heterocycles. The lowest BCUT2D eigenvalue weighted by atomic mass is 10.0. The molecule has 0 heterocycles. The van der Waals surface area contributed by atoms with Crippen molar-refractivity contribution in [3.05, 3.63) is 60.8 Å². The van der Waals surface area contributed by atoms with Crippen molar-refractivity contribution < 1.29 is 28.6 Å². The van der Waals surface area contributed by atoms with Gasteiger partial charge in [-0.05, 0) is 83.5 Å². The van der Waals surface area contributed by atoms with Crippen molar-refractivity contribution in [2.45, 2.75) is 252 Å². The lowest BCUT2D eigenvalue weighted by Crippen LogP contribution is -2.30. The highest BCUT2D eigenvalue weighted by atomic mass is 16.6. The van der Waals surface area contributed by atoms with E-state index in [-0.39, 0.29) is 31.1 Å². The van der Waals surface area contributed by atoms with Crippen molar-refractivity contribution in [3.63, 3.8) is 0 Å². The summed E-state index contributed by atoms with van der Waals surface area (Å²) in [5, 5.41) is 0. The second-order valence-corrected chi connectivity index (χ2v) is 16.7. The number of hydrogen-bond acceptors (Lipinski definition) is 6. The van der Waals surface area contributed by atoms with Crippen molar-refractivity contribution in [1.82, 2.24) is 0 Å². The Bertz CT molecular complexity index is 1100. The molecule has 0 rings (SSSR count). The van der Waals surface area contributed by atoms with Gasteiger partial charge in [0.05, 0.1) is 0 Å². The molecule has 0 radical (unpaired) electrons. The zero-order valence-corrected chi connectivity index (χ0v) is 39.5. The SMILES string of the molecule is CC/C=C\C/C=C\C/C=C\C/C=C\CCCCCCCCCCCCCCC(=O)OCC(COC(=O)CCCCCCC)OC(=O)CCCCCCC/C=C\CCCCC. The van der Waals surface area contributed by atoms with Crippen LogP contribution in [0.5, 0.6) is 0 Å². The molecule has 0 saturated carbocycles. The maximum absolute atomic E-state index is 12.7. The zero-order chi connectivity index (χ0) is 43.7. The Labute approximate surface area is 370 Å². The van der Waals surface area contributed by atoms with E-state index in [0.29, 0.717) is 19.3 Å². The van der Waals surface area contributed by atoms with E-state index < -0.39 is 6.10 Å². The molecule has 0 spiro atoms. The van der Waals surface area contributed by atoms with Gasteiger partial charge in [-0.25, -0.2) is 0 Å². The molecule has 346 valence electrons. The average molecular weight is 839 g/mol. The monoisotopic (exact) mass is 839 g/mol. The molecule has 1 unspecified atom stereocenters. The van der Waals surface area contributed by atoms with Crippen LogP contribution in [-0.4, -0.2) is 37.2 Å². The fraction of sp³-hybridized carbons (Fsp3) is 0.759. The van der Waals surface area contributed by atoms with Gasteiger partial charge >= 0.3 is 17.9 Å². The molecule has 0 aromatic rings. The molecule has 6 nitrogen and oxygen atoms in total. The third-order valence-electron chi connectivity index (χ3n) is 10.8. The molecule has 60 heavy (non-hydrogen) atoms. The first-order valence-electron chi connectivity index (χ1n) is 25.3. The van der Waals surface area contributed by atoms with Crippen LogP contribution in [0.2, 0.25) is 0 Å². The van der Waals surface area contributed by atoms with Gasteiger partial charge in [-0.15, -0.1) is 0 Å². The summed E-state index contributed by atoms with van der Waals surface area (Å²) in [5.41, 5.74) is 0. The number of unbranched alkanes of at least 4 members (excludes halogenated alkanes) is 24. The van der Waals surface area contributed by atoms with Gasteiger partial charge in [-0.1, -0.05) is 204 Å². The minimum absolute atomic E-state index is 0.0778. The number of carbonyl (C=O) groups is 3. The minimum Gasteiger partial charge on any atom is -0.462 e. The molecule has 0 aliphatic rings. The van der Waals surface area contributed by atoms with Crippen LogP contribution in [0.4, 0.5) is 0 Å². The highest BCUT2D eigenvalue weighted by Crippen LogP contribution is 2.15. The van der Waals surface area contributed by atoms with E-state index >= 15 is 0 Å². The Balaban J connectivity index is 4.07. The van der Waals surface area contributed by atoms with Crippen molar-refractivity contribution in [1.29, 1.82) is 0 Å². The number of carbonyl (C=O) groups excluding carboxylic acids is 3. The van der Waals surface area contributed by atoms with Gasteiger partial charge in [0.15, 0.2) is 6.10 Å². The van der Waals surface area contributed by atoms with Gasteiger partial charge in [0, 0.05) is 19.3 Å². The van der Waals surface area contributed by atoms with Gasteiger partial charge in [-0.3, -0.25) is 14.4 Å². The van der Waals surface area contributed by atoms with E-state index in [0.717, 1.165) is 103 Å². The average Bonchev–Trinajstić information content (AvgIpc) is 3.24. The minimum atomic E-state index is -0.773.